The number of carbonyl (C=O) groups is 1. The summed E-state index contributed by atoms with van der Waals surface area (Å²) in [5.74, 6) is 2.73. The highest BCUT2D eigenvalue weighted by atomic mass is 16.5. The van der Waals surface area contributed by atoms with Gasteiger partial charge in [0.15, 0.2) is 0 Å². The zero-order chi connectivity index (χ0) is 14.0. The van der Waals surface area contributed by atoms with Gasteiger partial charge in [-0.3, -0.25) is 4.79 Å². The first-order valence-electron chi connectivity index (χ1n) is 8.72. The maximum absolute atomic E-state index is 11.6. The summed E-state index contributed by atoms with van der Waals surface area (Å²) in [7, 11) is 0. The van der Waals surface area contributed by atoms with Crippen LogP contribution in [0.15, 0.2) is 0 Å². The number of rotatable bonds is 0. The normalized spacial score (nSPS) is 54.6. The Morgan fingerprint density at radius 1 is 1.00 bits per heavy atom. The molecule has 0 aromatic carbocycles. The second-order valence-corrected chi connectivity index (χ2v) is 8.52. The fourth-order valence-corrected chi connectivity index (χ4v) is 6.54. The van der Waals surface area contributed by atoms with E-state index in [4.69, 9.17) is 4.74 Å². The van der Waals surface area contributed by atoms with E-state index in [1.807, 2.05) is 0 Å². The largest absolute Gasteiger partial charge is 0.462 e. The van der Waals surface area contributed by atoms with Crippen LogP contribution in [0.1, 0.15) is 71.6 Å². The van der Waals surface area contributed by atoms with Crippen molar-refractivity contribution in [3.63, 3.8) is 0 Å². The molecule has 6 atom stereocenters. The zero-order valence-electron chi connectivity index (χ0n) is 13.0. The lowest BCUT2D eigenvalue weighted by atomic mass is 9.48. The van der Waals surface area contributed by atoms with E-state index in [2.05, 4.69) is 13.8 Å². The first kappa shape index (κ1) is 13.2. The van der Waals surface area contributed by atoms with Gasteiger partial charge in [0.1, 0.15) is 6.10 Å². The number of fused-ring (bicyclic) bond motifs is 5. The van der Waals surface area contributed by atoms with Crippen LogP contribution in [-0.4, -0.2) is 12.1 Å². The van der Waals surface area contributed by atoms with Gasteiger partial charge in [-0.05, 0) is 68.1 Å². The molecule has 0 radical (unpaired) electrons. The molecule has 0 bridgehead atoms. The van der Waals surface area contributed by atoms with E-state index < -0.39 is 0 Å². The summed E-state index contributed by atoms with van der Waals surface area (Å²) in [6, 6.07) is 0. The number of hydrogen-bond acceptors (Lipinski definition) is 2. The van der Waals surface area contributed by atoms with Gasteiger partial charge in [0.25, 0.3) is 0 Å². The molecule has 0 aromatic rings. The van der Waals surface area contributed by atoms with E-state index in [0.717, 1.165) is 30.6 Å². The molecule has 0 aromatic heterocycles. The van der Waals surface area contributed by atoms with Crippen molar-refractivity contribution in [1.82, 2.24) is 0 Å². The third-order valence-electron chi connectivity index (χ3n) is 7.70. The molecule has 3 aliphatic carbocycles. The fourth-order valence-electron chi connectivity index (χ4n) is 6.54. The summed E-state index contributed by atoms with van der Waals surface area (Å²) in [5, 5.41) is 0. The van der Waals surface area contributed by atoms with Gasteiger partial charge >= 0.3 is 5.97 Å². The van der Waals surface area contributed by atoms with Crippen LogP contribution in [0.4, 0.5) is 0 Å². The van der Waals surface area contributed by atoms with Gasteiger partial charge in [0.05, 0.1) is 0 Å². The van der Waals surface area contributed by atoms with Crippen molar-refractivity contribution >= 4 is 5.97 Å². The Balaban J connectivity index is 1.64. The molecule has 1 unspecified atom stereocenters. The van der Waals surface area contributed by atoms with Crippen LogP contribution in [0.3, 0.4) is 0 Å². The van der Waals surface area contributed by atoms with E-state index in [0.29, 0.717) is 11.8 Å². The molecule has 20 heavy (non-hydrogen) atoms. The molecule has 2 nitrogen and oxygen atoms in total. The van der Waals surface area contributed by atoms with Gasteiger partial charge in [-0.25, -0.2) is 0 Å². The number of hydrogen-bond donors (Lipinski definition) is 0. The quantitative estimate of drug-likeness (QED) is 0.616. The van der Waals surface area contributed by atoms with Crippen molar-refractivity contribution in [1.29, 1.82) is 0 Å². The topological polar surface area (TPSA) is 26.3 Å². The van der Waals surface area contributed by atoms with Crippen LogP contribution in [0.5, 0.6) is 0 Å². The summed E-state index contributed by atoms with van der Waals surface area (Å²) >= 11 is 0. The first-order chi connectivity index (χ1) is 9.53. The Bertz CT molecular complexity index is 431. The second-order valence-electron chi connectivity index (χ2n) is 8.52. The van der Waals surface area contributed by atoms with Gasteiger partial charge in [-0.1, -0.05) is 20.3 Å². The van der Waals surface area contributed by atoms with Gasteiger partial charge in [-0.2, -0.15) is 0 Å². The molecular formula is C18H28O2. The van der Waals surface area contributed by atoms with Crippen LogP contribution in [0, 0.1) is 28.6 Å². The highest BCUT2D eigenvalue weighted by molar-refractivity contribution is 5.70. The monoisotopic (exact) mass is 276 g/mol. The molecule has 1 saturated heterocycles. The van der Waals surface area contributed by atoms with E-state index >= 15 is 0 Å². The van der Waals surface area contributed by atoms with Crippen LogP contribution in [0.2, 0.25) is 0 Å². The molecule has 2 heteroatoms. The Hall–Kier alpha value is -0.530. The lowest BCUT2D eigenvalue weighted by Crippen LogP contribution is -2.55. The summed E-state index contributed by atoms with van der Waals surface area (Å²) in [4.78, 5) is 11.6. The smallest absolute Gasteiger partial charge is 0.306 e. The second kappa shape index (κ2) is 4.24. The Morgan fingerprint density at radius 3 is 2.70 bits per heavy atom. The maximum Gasteiger partial charge on any atom is 0.306 e. The number of esters is 1. The average Bonchev–Trinajstić information content (AvgIpc) is 2.81. The SMILES string of the molecule is C[C@@]12CCC[C@H]1[C@@H]1CCC3OC(=O)CC[C@]3(C)[C@@H]1CC2. The molecule has 112 valence electrons. The number of ether oxygens (including phenoxy) is 1. The zero-order valence-corrected chi connectivity index (χ0v) is 13.0. The minimum absolute atomic E-state index is 0.0486. The fraction of sp³-hybridized carbons (Fsp3) is 0.944. The molecule has 0 spiro atoms. The molecule has 1 aliphatic heterocycles. The Kier molecular flexibility index (Phi) is 2.79. The molecule has 1 heterocycles. The lowest BCUT2D eigenvalue weighted by Gasteiger charge is -2.58. The van der Waals surface area contributed by atoms with Crippen LogP contribution >= 0.6 is 0 Å². The minimum atomic E-state index is 0.0486. The van der Waals surface area contributed by atoms with Gasteiger partial charge < -0.3 is 4.74 Å². The van der Waals surface area contributed by atoms with Gasteiger partial charge in [-0.15, -0.1) is 0 Å². The van der Waals surface area contributed by atoms with E-state index in [1.54, 1.807) is 0 Å². The lowest BCUT2D eigenvalue weighted by molar-refractivity contribution is -0.190. The molecule has 0 amide bonds. The summed E-state index contributed by atoms with van der Waals surface area (Å²) in [5.41, 5.74) is 0.913. The molecular weight excluding hydrogens is 248 g/mol. The molecule has 0 N–H and O–H groups in total. The third kappa shape index (κ3) is 1.66. The number of carbonyl (C=O) groups excluding carboxylic acids is 1. The minimum Gasteiger partial charge on any atom is -0.462 e. The predicted octanol–water partition coefficient (Wildman–Crippen LogP) is 4.32. The summed E-state index contributed by atoms with van der Waals surface area (Å²) in [6.07, 6.45) is 11.5. The van der Waals surface area contributed by atoms with E-state index in [9.17, 15) is 4.79 Å². The van der Waals surface area contributed by atoms with E-state index in [1.165, 1.54) is 38.5 Å². The third-order valence-corrected chi connectivity index (χ3v) is 7.70. The van der Waals surface area contributed by atoms with Crippen molar-refractivity contribution in [3.05, 3.63) is 0 Å². The van der Waals surface area contributed by atoms with Gasteiger partial charge in [0, 0.05) is 11.8 Å². The van der Waals surface area contributed by atoms with Crippen molar-refractivity contribution in [2.75, 3.05) is 0 Å². The maximum atomic E-state index is 11.6. The highest BCUT2D eigenvalue weighted by Gasteiger charge is 2.58. The predicted molar refractivity (Wildman–Crippen MR) is 78.1 cm³/mol. The standard InChI is InChI=1S/C18H28O2/c1-17-9-3-4-13(17)12-5-6-15-18(2,14(12)7-10-17)11-8-16(19)20-15/h12-15H,3-11H2,1-2H3/t12-,13-,14+,15?,17-,18+/m0/s1. The molecule has 4 aliphatic rings. The van der Waals surface area contributed by atoms with Crippen molar-refractivity contribution in [2.24, 2.45) is 28.6 Å². The average molecular weight is 276 g/mol. The highest BCUT2D eigenvalue weighted by Crippen LogP contribution is 2.64. The van der Waals surface area contributed by atoms with Crippen LogP contribution < -0.4 is 0 Å². The molecule has 4 fully saturated rings. The van der Waals surface area contributed by atoms with Crippen molar-refractivity contribution < 1.29 is 9.53 Å². The Labute approximate surface area is 122 Å². The Morgan fingerprint density at radius 2 is 1.85 bits per heavy atom. The summed E-state index contributed by atoms with van der Waals surface area (Å²) < 4.78 is 5.74. The van der Waals surface area contributed by atoms with Crippen molar-refractivity contribution in [3.8, 4) is 0 Å². The van der Waals surface area contributed by atoms with Crippen LogP contribution in [-0.2, 0) is 9.53 Å². The van der Waals surface area contributed by atoms with E-state index in [-0.39, 0.29) is 17.5 Å². The summed E-state index contributed by atoms with van der Waals surface area (Å²) in [6.45, 7) is 4.98. The first-order valence-corrected chi connectivity index (χ1v) is 8.72. The van der Waals surface area contributed by atoms with Crippen molar-refractivity contribution in [2.45, 2.75) is 77.7 Å². The molecule has 4 rings (SSSR count). The molecule has 3 saturated carbocycles. The van der Waals surface area contributed by atoms with Gasteiger partial charge in [0.2, 0.25) is 0 Å². The van der Waals surface area contributed by atoms with Crippen LogP contribution in [0.25, 0.3) is 0 Å².